The van der Waals surface area contributed by atoms with Gasteiger partial charge in [-0.05, 0) is 31.4 Å². The molecule has 1 aliphatic heterocycles. The minimum absolute atomic E-state index is 0.238. The van der Waals surface area contributed by atoms with Gasteiger partial charge in [0.2, 0.25) is 0 Å². The first-order chi connectivity index (χ1) is 9.50. The Balaban J connectivity index is 1.93. The summed E-state index contributed by atoms with van der Waals surface area (Å²) in [5, 5.41) is 0. The fourth-order valence-corrected chi connectivity index (χ4v) is 3.84. The van der Waals surface area contributed by atoms with E-state index in [1.165, 1.54) is 4.90 Å². The van der Waals surface area contributed by atoms with Crippen LogP contribution in [0.25, 0.3) is 0 Å². The maximum absolute atomic E-state index is 12.3. The highest BCUT2D eigenvalue weighted by Gasteiger charge is 2.24. The number of thioether (sulfide) groups is 2. The van der Waals surface area contributed by atoms with Gasteiger partial charge in [0.05, 0.1) is 6.54 Å². The molecular formula is C16H23NOS2. The highest BCUT2D eigenvalue weighted by molar-refractivity contribution is 8.00. The lowest BCUT2D eigenvalue weighted by Gasteiger charge is -2.22. The van der Waals surface area contributed by atoms with Gasteiger partial charge in [0.25, 0.3) is 0 Å². The molecule has 0 saturated carbocycles. The molecule has 20 heavy (non-hydrogen) atoms. The third-order valence-electron chi connectivity index (χ3n) is 3.71. The Morgan fingerprint density at radius 1 is 1.30 bits per heavy atom. The Labute approximate surface area is 130 Å². The predicted molar refractivity (Wildman–Crippen MR) is 90.1 cm³/mol. The van der Waals surface area contributed by atoms with Crippen molar-refractivity contribution in [3.63, 3.8) is 0 Å². The molecule has 0 atom stereocenters. The molecule has 0 amide bonds. The number of ketones is 1. The zero-order chi connectivity index (χ0) is 14.6. The van der Waals surface area contributed by atoms with Crippen LogP contribution in [0.1, 0.15) is 30.6 Å². The Kier molecular flexibility index (Phi) is 5.58. The maximum Gasteiger partial charge on any atom is 0.176 e. The predicted octanol–water partition coefficient (Wildman–Crippen LogP) is 3.81. The third-order valence-corrected chi connectivity index (χ3v) is 5.83. The first-order valence-corrected chi connectivity index (χ1v) is 9.25. The monoisotopic (exact) mass is 309 g/mol. The molecule has 2 rings (SSSR count). The summed E-state index contributed by atoms with van der Waals surface area (Å²) in [5.74, 6) is 1.36. The van der Waals surface area contributed by atoms with Gasteiger partial charge in [0.15, 0.2) is 5.78 Å². The molecule has 1 aliphatic rings. The van der Waals surface area contributed by atoms with Crippen molar-refractivity contribution in [2.45, 2.75) is 29.9 Å². The van der Waals surface area contributed by atoms with Crippen molar-refractivity contribution in [1.29, 1.82) is 0 Å². The molecule has 0 spiro atoms. The molecule has 110 valence electrons. The molecular weight excluding hydrogens is 286 g/mol. The van der Waals surface area contributed by atoms with Gasteiger partial charge in [-0.2, -0.15) is 11.8 Å². The van der Waals surface area contributed by atoms with E-state index in [1.807, 2.05) is 42.3 Å². The van der Waals surface area contributed by atoms with Crippen molar-refractivity contribution in [3.8, 4) is 0 Å². The van der Waals surface area contributed by atoms with Crippen LogP contribution in [0.3, 0.4) is 0 Å². The van der Waals surface area contributed by atoms with E-state index in [1.54, 1.807) is 11.8 Å². The van der Waals surface area contributed by atoms with Crippen molar-refractivity contribution < 1.29 is 4.79 Å². The number of benzene rings is 1. The highest BCUT2D eigenvalue weighted by atomic mass is 32.2. The average molecular weight is 310 g/mol. The van der Waals surface area contributed by atoms with E-state index >= 15 is 0 Å². The van der Waals surface area contributed by atoms with Gasteiger partial charge in [0, 0.05) is 27.5 Å². The number of hydrogen-bond acceptors (Lipinski definition) is 4. The van der Waals surface area contributed by atoms with Gasteiger partial charge < -0.3 is 0 Å². The highest BCUT2D eigenvalue weighted by Crippen LogP contribution is 2.30. The topological polar surface area (TPSA) is 20.3 Å². The molecule has 0 radical (unpaired) electrons. The molecule has 0 aliphatic carbocycles. The number of carbonyl (C=O) groups excluding carboxylic acids is 1. The summed E-state index contributed by atoms with van der Waals surface area (Å²) in [6.07, 6.45) is 3.20. The lowest BCUT2D eigenvalue weighted by Crippen LogP contribution is -2.32. The normalized spacial score (nSPS) is 19.6. The molecule has 1 fully saturated rings. The molecule has 0 aromatic heterocycles. The second-order valence-electron chi connectivity index (χ2n) is 5.79. The summed E-state index contributed by atoms with van der Waals surface area (Å²) in [6.45, 7) is 7.18. The zero-order valence-corrected chi connectivity index (χ0v) is 14.1. The number of carbonyl (C=O) groups is 1. The van der Waals surface area contributed by atoms with Gasteiger partial charge in [-0.15, -0.1) is 11.8 Å². The summed E-state index contributed by atoms with van der Waals surface area (Å²) in [5.41, 5.74) is 0.832. The van der Waals surface area contributed by atoms with Crippen LogP contribution in [0.4, 0.5) is 0 Å². The molecule has 2 nitrogen and oxygen atoms in total. The first kappa shape index (κ1) is 15.9. The van der Waals surface area contributed by atoms with Crippen LogP contribution in [0.2, 0.25) is 0 Å². The van der Waals surface area contributed by atoms with Crippen molar-refractivity contribution in [2.75, 3.05) is 31.6 Å². The quantitative estimate of drug-likeness (QED) is 0.622. The largest absolute Gasteiger partial charge is 0.295 e. The van der Waals surface area contributed by atoms with Crippen molar-refractivity contribution in [3.05, 3.63) is 29.8 Å². The fourth-order valence-electron chi connectivity index (χ4n) is 2.29. The van der Waals surface area contributed by atoms with Crippen LogP contribution >= 0.6 is 23.5 Å². The molecule has 1 aromatic rings. The fraction of sp³-hybridized carbons (Fsp3) is 0.562. The van der Waals surface area contributed by atoms with E-state index in [9.17, 15) is 4.79 Å². The Morgan fingerprint density at radius 3 is 2.65 bits per heavy atom. The molecule has 1 saturated heterocycles. The minimum atomic E-state index is 0.238. The first-order valence-electron chi connectivity index (χ1n) is 7.04. The van der Waals surface area contributed by atoms with E-state index in [-0.39, 0.29) is 5.78 Å². The van der Waals surface area contributed by atoms with E-state index in [4.69, 9.17) is 0 Å². The SMILES string of the molecule is CSc1ccc(C(=O)CN2CCSC(C)(C)CC2)cc1. The van der Waals surface area contributed by atoms with Crippen molar-refractivity contribution >= 4 is 29.3 Å². The lowest BCUT2D eigenvalue weighted by molar-refractivity contribution is 0.0934. The standard InChI is InChI=1S/C16H23NOS2/c1-16(2)8-9-17(10-11-20-16)12-15(18)13-4-6-14(19-3)7-5-13/h4-7H,8-12H2,1-3H3. The second kappa shape index (κ2) is 7.01. The average Bonchev–Trinajstić information content (AvgIpc) is 2.60. The van der Waals surface area contributed by atoms with E-state index in [0.29, 0.717) is 11.3 Å². The summed E-state index contributed by atoms with van der Waals surface area (Å²) < 4.78 is 0.345. The molecule has 1 heterocycles. The number of Topliss-reactive ketones (excluding diaryl/α,β-unsaturated/α-hetero) is 1. The summed E-state index contributed by atoms with van der Waals surface area (Å²) in [6, 6.07) is 7.95. The Bertz CT molecular complexity index is 456. The van der Waals surface area contributed by atoms with Crippen LogP contribution in [-0.2, 0) is 0 Å². The van der Waals surface area contributed by atoms with Crippen LogP contribution < -0.4 is 0 Å². The summed E-state index contributed by atoms with van der Waals surface area (Å²) >= 11 is 3.72. The van der Waals surface area contributed by atoms with Crippen LogP contribution in [0.15, 0.2) is 29.2 Å². The molecule has 0 unspecified atom stereocenters. The number of nitrogens with zero attached hydrogens (tertiary/aromatic N) is 1. The van der Waals surface area contributed by atoms with Crippen LogP contribution in [0.5, 0.6) is 0 Å². The second-order valence-corrected chi connectivity index (χ2v) is 8.47. The number of rotatable bonds is 4. The minimum Gasteiger partial charge on any atom is -0.295 e. The van der Waals surface area contributed by atoms with Gasteiger partial charge in [-0.3, -0.25) is 9.69 Å². The Morgan fingerprint density at radius 2 is 2.00 bits per heavy atom. The van der Waals surface area contributed by atoms with Gasteiger partial charge in [-0.1, -0.05) is 26.0 Å². The molecule has 1 aromatic carbocycles. The van der Waals surface area contributed by atoms with Crippen molar-refractivity contribution in [2.24, 2.45) is 0 Å². The van der Waals surface area contributed by atoms with Gasteiger partial charge in [-0.25, -0.2) is 0 Å². The van der Waals surface area contributed by atoms with Gasteiger partial charge in [0.1, 0.15) is 0 Å². The summed E-state index contributed by atoms with van der Waals surface area (Å²) in [4.78, 5) is 15.8. The van der Waals surface area contributed by atoms with E-state index in [0.717, 1.165) is 30.8 Å². The van der Waals surface area contributed by atoms with Crippen LogP contribution in [-0.4, -0.2) is 47.1 Å². The Hall–Kier alpha value is -0.450. The summed E-state index contributed by atoms with van der Waals surface area (Å²) in [7, 11) is 0. The molecule has 0 bridgehead atoms. The lowest BCUT2D eigenvalue weighted by atomic mass is 10.1. The molecule has 4 heteroatoms. The zero-order valence-electron chi connectivity index (χ0n) is 12.5. The van der Waals surface area contributed by atoms with Crippen molar-refractivity contribution in [1.82, 2.24) is 4.90 Å². The number of hydrogen-bond donors (Lipinski definition) is 0. The van der Waals surface area contributed by atoms with Gasteiger partial charge >= 0.3 is 0 Å². The molecule has 0 N–H and O–H groups in total. The van der Waals surface area contributed by atoms with E-state index < -0.39 is 0 Å². The maximum atomic E-state index is 12.3. The van der Waals surface area contributed by atoms with Crippen LogP contribution in [0, 0.1) is 0 Å². The third kappa shape index (κ3) is 4.54. The van der Waals surface area contributed by atoms with E-state index in [2.05, 4.69) is 18.7 Å². The smallest absolute Gasteiger partial charge is 0.176 e.